The molecular weight excluding hydrogens is 268 g/mol. The van der Waals surface area contributed by atoms with E-state index in [0.29, 0.717) is 6.42 Å². The summed E-state index contributed by atoms with van der Waals surface area (Å²) in [4.78, 5) is 37.2. The van der Waals surface area contributed by atoms with Gasteiger partial charge in [0.15, 0.2) is 0 Å². The first-order valence-corrected chi connectivity index (χ1v) is 7.11. The average Bonchev–Trinajstić information content (AvgIpc) is 2.42. The maximum atomic E-state index is 12.5. The Morgan fingerprint density at radius 1 is 1.33 bits per heavy atom. The number of carbonyl (C=O) groups is 3. The maximum absolute atomic E-state index is 12.5. The molecule has 1 atom stereocenters. The van der Waals surface area contributed by atoms with Gasteiger partial charge in [-0.25, -0.2) is 0 Å². The summed E-state index contributed by atoms with van der Waals surface area (Å²) in [6.45, 7) is 5.71. The SMILES string of the molecule is CCC1C(=O)NC(=O)CN1C(=O)Cc1cc(C)ccc1C. The Balaban J connectivity index is 2.19. The van der Waals surface area contributed by atoms with Crippen LogP contribution < -0.4 is 5.32 Å². The molecule has 0 spiro atoms. The van der Waals surface area contributed by atoms with E-state index in [1.54, 1.807) is 0 Å². The number of hydrogen-bond acceptors (Lipinski definition) is 3. The highest BCUT2D eigenvalue weighted by atomic mass is 16.2. The number of piperazine rings is 1. The quantitative estimate of drug-likeness (QED) is 0.847. The zero-order chi connectivity index (χ0) is 15.6. The van der Waals surface area contributed by atoms with Gasteiger partial charge in [-0.3, -0.25) is 19.7 Å². The van der Waals surface area contributed by atoms with E-state index >= 15 is 0 Å². The van der Waals surface area contributed by atoms with Gasteiger partial charge in [0.2, 0.25) is 17.7 Å². The van der Waals surface area contributed by atoms with Crippen molar-refractivity contribution in [2.45, 2.75) is 39.7 Å². The fraction of sp³-hybridized carbons (Fsp3) is 0.438. The third-order valence-electron chi connectivity index (χ3n) is 3.81. The summed E-state index contributed by atoms with van der Waals surface area (Å²) in [7, 11) is 0. The molecule has 3 amide bonds. The number of imide groups is 1. The van der Waals surface area contributed by atoms with Crippen LogP contribution in [0.4, 0.5) is 0 Å². The largest absolute Gasteiger partial charge is 0.321 e. The van der Waals surface area contributed by atoms with E-state index in [4.69, 9.17) is 0 Å². The smallest absolute Gasteiger partial charge is 0.249 e. The molecule has 0 aromatic heterocycles. The zero-order valence-corrected chi connectivity index (χ0v) is 12.6. The highest BCUT2D eigenvalue weighted by molar-refractivity contribution is 6.04. The van der Waals surface area contributed by atoms with Gasteiger partial charge in [-0.15, -0.1) is 0 Å². The summed E-state index contributed by atoms with van der Waals surface area (Å²) >= 11 is 0. The van der Waals surface area contributed by atoms with E-state index in [0.717, 1.165) is 16.7 Å². The van der Waals surface area contributed by atoms with E-state index in [1.165, 1.54) is 4.90 Å². The van der Waals surface area contributed by atoms with Crippen LogP contribution in [0.25, 0.3) is 0 Å². The van der Waals surface area contributed by atoms with Gasteiger partial charge in [0.1, 0.15) is 12.6 Å². The fourth-order valence-electron chi connectivity index (χ4n) is 2.59. The van der Waals surface area contributed by atoms with Crippen molar-refractivity contribution in [2.24, 2.45) is 0 Å². The fourth-order valence-corrected chi connectivity index (χ4v) is 2.59. The van der Waals surface area contributed by atoms with Crippen molar-refractivity contribution in [3.05, 3.63) is 34.9 Å². The molecule has 1 aliphatic rings. The van der Waals surface area contributed by atoms with Crippen molar-refractivity contribution in [2.75, 3.05) is 6.54 Å². The van der Waals surface area contributed by atoms with Crippen LogP contribution in [0, 0.1) is 13.8 Å². The standard InChI is InChI=1S/C16H20N2O3/c1-4-13-16(21)17-14(19)9-18(13)15(20)8-12-7-10(2)5-6-11(12)3/h5-7,13H,4,8-9H2,1-3H3,(H,17,19,21). The second-order valence-corrected chi connectivity index (χ2v) is 5.46. The molecular formula is C16H20N2O3. The molecule has 112 valence electrons. The first-order chi connectivity index (χ1) is 9.92. The minimum Gasteiger partial charge on any atom is -0.321 e. The van der Waals surface area contributed by atoms with E-state index < -0.39 is 11.9 Å². The van der Waals surface area contributed by atoms with Crippen LogP contribution in [0.5, 0.6) is 0 Å². The Morgan fingerprint density at radius 2 is 2.05 bits per heavy atom. The van der Waals surface area contributed by atoms with Crippen molar-refractivity contribution in [1.82, 2.24) is 10.2 Å². The number of hydrogen-bond donors (Lipinski definition) is 1. The number of carbonyl (C=O) groups excluding carboxylic acids is 3. The Kier molecular flexibility index (Phi) is 4.40. The molecule has 1 N–H and O–H groups in total. The summed E-state index contributed by atoms with van der Waals surface area (Å²) in [5.74, 6) is -0.985. The minimum atomic E-state index is -0.555. The topological polar surface area (TPSA) is 66.5 Å². The maximum Gasteiger partial charge on any atom is 0.249 e. The first kappa shape index (κ1) is 15.2. The van der Waals surface area contributed by atoms with Crippen molar-refractivity contribution in [1.29, 1.82) is 0 Å². The molecule has 5 heteroatoms. The molecule has 0 aliphatic carbocycles. The predicted octanol–water partition coefficient (Wildman–Crippen LogP) is 1.11. The van der Waals surface area contributed by atoms with Gasteiger partial charge in [0.25, 0.3) is 0 Å². The van der Waals surface area contributed by atoms with Crippen molar-refractivity contribution in [3.63, 3.8) is 0 Å². The summed E-state index contributed by atoms with van der Waals surface area (Å²) in [6.07, 6.45) is 0.711. The number of benzene rings is 1. The second kappa shape index (κ2) is 6.08. The van der Waals surface area contributed by atoms with Gasteiger partial charge in [-0.05, 0) is 31.4 Å². The molecule has 1 unspecified atom stereocenters. The lowest BCUT2D eigenvalue weighted by Gasteiger charge is -2.33. The third kappa shape index (κ3) is 3.29. The summed E-state index contributed by atoms with van der Waals surface area (Å²) in [6, 6.07) is 5.39. The molecule has 1 saturated heterocycles. The predicted molar refractivity (Wildman–Crippen MR) is 78.6 cm³/mol. The molecule has 5 nitrogen and oxygen atoms in total. The third-order valence-corrected chi connectivity index (χ3v) is 3.81. The van der Waals surface area contributed by atoms with Crippen LogP contribution in [0.3, 0.4) is 0 Å². The van der Waals surface area contributed by atoms with Gasteiger partial charge < -0.3 is 4.90 Å². The molecule has 1 aromatic carbocycles. The molecule has 2 rings (SSSR count). The summed E-state index contributed by atoms with van der Waals surface area (Å²) < 4.78 is 0. The first-order valence-electron chi connectivity index (χ1n) is 7.11. The monoisotopic (exact) mass is 288 g/mol. The Hall–Kier alpha value is -2.17. The molecule has 1 heterocycles. The minimum absolute atomic E-state index is 0.0477. The van der Waals surface area contributed by atoms with Crippen LogP contribution in [-0.4, -0.2) is 35.2 Å². The van der Waals surface area contributed by atoms with Crippen LogP contribution in [0.2, 0.25) is 0 Å². The van der Waals surface area contributed by atoms with Gasteiger partial charge in [-0.1, -0.05) is 30.7 Å². The van der Waals surface area contributed by atoms with E-state index in [-0.39, 0.29) is 24.8 Å². The molecule has 1 aliphatic heterocycles. The number of nitrogens with zero attached hydrogens (tertiary/aromatic N) is 1. The Bertz CT molecular complexity index is 595. The number of rotatable bonds is 3. The lowest BCUT2D eigenvalue weighted by Crippen LogP contribution is -2.59. The lowest BCUT2D eigenvalue weighted by molar-refractivity contribution is -0.149. The van der Waals surface area contributed by atoms with Crippen molar-refractivity contribution in [3.8, 4) is 0 Å². The highest BCUT2D eigenvalue weighted by Crippen LogP contribution is 2.16. The van der Waals surface area contributed by atoms with Gasteiger partial charge in [-0.2, -0.15) is 0 Å². The second-order valence-electron chi connectivity index (χ2n) is 5.46. The van der Waals surface area contributed by atoms with E-state index in [9.17, 15) is 14.4 Å². The number of aryl methyl sites for hydroxylation is 2. The van der Waals surface area contributed by atoms with Gasteiger partial charge >= 0.3 is 0 Å². The van der Waals surface area contributed by atoms with Crippen LogP contribution in [-0.2, 0) is 20.8 Å². The molecule has 1 aromatic rings. The molecule has 0 radical (unpaired) electrons. The number of nitrogens with one attached hydrogen (secondary N) is 1. The highest BCUT2D eigenvalue weighted by Gasteiger charge is 2.35. The molecule has 1 fully saturated rings. The van der Waals surface area contributed by atoms with Crippen molar-refractivity contribution >= 4 is 17.7 Å². The van der Waals surface area contributed by atoms with Gasteiger partial charge in [0, 0.05) is 0 Å². The van der Waals surface area contributed by atoms with E-state index in [2.05, 4.69) is 5.32 Å². The number of amides is 3. The Morgan fingerprint density at radius 3 is 2.71 bits per heavy atom. The zero-order valence-electron chi connectivity index (χ0n) is 12.6. The van der Waals surface area contributed by atoms with Gasteiger partial charge in [0.05, 0.1) is 6.42 Å². The molecule has 0 bridgehead atoms. The van der Waals surface area contributed by atoms with Crippen LogP contribution >= 0.6 is 0 Å². The molecule has 0 saturated carbocycles. The Labute approximate surface area is 124 Å². The lowest BCUT2D eigenvalue weighted by atomic mass is 10.0. The molecule has 21 heavy (non-hydrogen) atoms. The van der Waals surface area contributed by atoms with Crippen LogP contribution in [0.1, 0.15) is 30.0 Å². The summed E-state index contributed by atoms with van der Waals surface area (Å²) in [5, 5.41) is 2.28. The normalized spacial score (nSPS) is 18.6. The average molecular weight is 288 g/mol. The van der Waals surface area contributed by atoms with E-state index in [1.807, 2.05) is 39.0 Å². The van der Waals surface area contributed by atoms with Crippen LogP contribution in [0.15, 0.2) is 18.2 Å². The summed E-state index contributed by atoms with van der Waals surface area (Å²) in [5.41, 5.74) is 3.06. The van der Waals surface area contributed by atoms with Crippen molar-refractivity contribution < 1.29 is 14.4 Å².